The molecule has 2 aromatic carbocycles. The number of amides is 1. The number of ether oxygens (including phenoxy) is 2. The molecule has 5 nitrogen and oxygen atoms in total. The van der Waals surface area contributed by atoms with Gasteiger partial charge in [-0.2, -0.15) is 5.26 Å². The normalized spacial score (nSPS) is 10.6. The number of nitrogens with zero attached hydrogens (tertiary/aromatic N) is 1. The third kappa shape index (κ3) is 5.23. The summed E-state index contributed by atoms with van der Waals surface area (Å²) in [6.45, 7) is 5.97. The van der Waals surface area contributed by atoms with Crippen LogP contribution in [0, 0.1) is 11.3 Å². The van der Waals surface area contributed by atoms with Crippen molar-refractivity contribution in [1.82, 2.24) is 0 Å². The van der Waals surface area contributed by atoms with Gasteiger partial charge in [0.05, 0.1) is 7.11 Å². The van der Waals surface area contributed by atoms with E-state index < -0.39 is 5.91 Å². The summed E-state index contributed by atoms with van der Waals surface area (Å²) in [4.78, 5) is 12.5. The van der Waals surface area contributed by atoms with Crippen LogP contribution >= 0.6 is 0 Å². The number of carbonyl (C=O) groups is 1. The van der Waals surface area contributed by atoms with Crippen molar-refractivity contribution in [2.75, 3.05) is 19.0 Å². The Morgan fingerprint density at radius 3 is 2.70 bits per heavy atom. The number of hydrogen-bond donors (Lipinski definition) is 1. The molecule has 0 saturated carbocycles. The largest absolute Gasteiger partial charge is 0.493 e. The molecule has 0 bridgehead atoms. The van der Waals surface area contributed by atoms with Crippen LogP contribution in [0.1, 0.15) is 18.1 Å². The topological polar surface area (TPSA) is 71.3 Å². The Balaban J connectivity index is 2.25. The maximum absolute atomic E-state index is 12.5. The van der Waals surface area contributed by atoms with E-state index in [1.165, 1.54) is 13.2 Å². The van der Waals surface area contributed by atoms with Crippen molar-refractivity contribution >= 4 is 17.7 Å². The van der Waals surface area contributed by atoms with Crippen molar-refractivity contribution < 1.29 is 14.3 Å². The Kier molecular flexibility index (Phi) is 7.21. The standard InChI is InChI=1S/C22H22N2O3/c1-4-12-27-20-11-10-16(14-21(20)26-3)13-18(15-23)22(25)24-19-9-7-6-8-17(19)5-2/h4,6-11,13-14H,1,5,12H2,2-3H3,(H,24,25)/b18-13+. The van der Waals surface area contributed by atoms with E-state index >= 15 is 0 Å². The van der Waals surface area contributed by atoms with Crippen LogP contribution in [0.5, 0.6) is 11.5 Å². The molecule has 1 amide bonds. The number of nitrogens with one attached hydrogen (secondary N) is 1. The number of anilines is 1. The molecule has 0 atom stereocenters. The highest BCUT2D eigenvalue weighted by Crippen LogP contribution is 2.29. The molecule has 2 rings (SSSR count). The molecule has 0 aromatic heterocycles. The summed E-state index contributed by atoms with van der Waals surface area (Å²) >= 11 is 0. The fourth-order valence-electron chi connectivity index (χ4n) is 2.50. The van der Waals surface area contributed by atoms with Crippen LogP contribution in [0.4, 0.5) is 5.69 Å². The highest BCUT2D eigenvalue weighted by atomic mass is 16.5. The Bertz CT molecular complexity index is 895. The van der Waals surface area contributed by atoms with Gasteiger partial charge >= 0.3 is 0 Å². The van der Waals surface area contributed by atoms with E-state index in [1.54, 1.807) is 24.3 Å². The number of nitriles is 1. The van der Waals surface area contributed by atoms with Crippen molar-refractivity contribution in [3.63, 3.8) is 0 Å². The van der Waals surface area contributed by atoms with E-state index in [-0.39, 0.29) is 5.57 Å². The number of hydrogen-bond acceptors (Lipinski definition) is 4. The number of methoxy groups -OCH3 is 1. The smallest absolute Gasteiger partial charge is 0.266 e. The van der Waals surface area contributed by atoms with Crippen molar-refractivity contribution in [1.29, 1.82) is 5.26 Å². The van der Waals surface area contributed by atoms with E-state index in [9.17, 15) is 10.1 Å². The van der Waals surface area contributed by atoms with Gasteiger partial charge in [0, 0.05) is 5.69 Å². The van der Waals surface area contributed by atoms with Gasteiger partial charge < -0.3 is 14.8 Å². The van der Waals surface area contributed by atoms with Crippen LogP contribution in [-0.4, -0.2) is 19.6 Å². The Morgan fingerprint density at radius 1 is 1.26 bits per heavy atom. The molecule has 0 aliphatic carbocycles. The first-order valence-electron chi connectivity index (χ1n) is 8.55. The molecule has 0 saturated heterocycles. The second kappa shape index (κ2) is 9.83. The average Bonchev–Trinajstić information content (AvgIpc) is 2.71. The van der Waals surface area contributed by atoms with Crippen molar-refractivity contribution in [2.24, 2.45) is 0 Å². The van der Waals surface area contributed by atoms with Gasteiger partial charge in [-0.05, 0) is 41.8 Å². The quantitative estimate of drug-likeness (QED) is 0.430. The molecule has 0 unspecified atom stereocenters. The van der Waals surface area contributed by atoms with Gasteiger partial charge in [-0.15, -0.1) is 0 Å². The van der Waals surface area contributed by atoms with Crippen LogP contribution < -0.4 is 14.8 Å². The highest BCUT2D eigenvalue weighted by Gasteiger charge is 2.12. The molecule has 0 spiro atoms. The summed E-state index contributed by atoms with van der Waals surface area (Å²) in [5, 5.41) is 12.2. The third-order valence-corrected chi connectivity index (χ3v) is 3.87. The van der Waals surface area contributed by atoms with Gasteiger partial charge in [0.1, 0.15) is 18.2 Å². The average molecular weight is 362 g/mol. The maximum Gasteiger partial charge on any atom is 0.266 e. The first kappa shape index (κ1) is 19.8. The molecule has 2 aromatic rings. The van der Waals surface area contributed by atoms with Crippen LogP contribution in [0.3, 0.4) is 0 Å². The number of benzene rings is 2. The summed E-state index contributed by atoms with van der Waals surface area (Å²) in [5.41, 5.74) is 2.38. The summed E-state index contributed by atoms with van der Waals surface area (Å²) in [5.74, 6) is 0.623. The van der Waals surface area contributed by atoms with Crippen LogP contribution in [0.2, 0.25) is 0 Å². The zero-order valence-electron chi connectivity index (χ0n) is 15.5. The molecule has 0 radical (unpaired) electrons. The van der Waals surface area contributed by atoms with Crippen molar-refractivity contribution in [3.05, 3.63) is 71.8 Å². The third-order valence-electron chi connectivity index (χ3n) is 3.87. The first-order valence-corrected chi connectivity index (χ1v) is 8.55. The van der Waals surface area contributed by atoms with Crippen LogP contribution in [0.15, 0.2) is 60.7 Å². The SMILES string of the molecule is C=CCOc1ccc(/C=C(\C#N)C(=O)Nc2ccccc2CC)cc1OC. The van der Waals surface area contributed by atoms with Gasteiger partial charge in [0.25, 0.3) is 5.91 Å². The number of para-hydroxylation sites is 1. The van der Waals surface area contributed by atoms with E-state index in [1.807, 2.05) is 37.3 Å². The molecule has 0 fully saturated rings. The second-order valence-electron chi connectivity index (χ2n) is 5.64. The number of rotatable bonds is 8. The summed E-state index contributed by atoms with van der Waals surface area (Å²) < 4.78 is 10.8. The monoisotopic (exact) mass is 362 g/mol. The van der Waals surface area contributed by atoms with Gasteiger partial charge in [0.2, 0.25) is 0 Å². The van der Waals surface area contributed by atoms with E-state index in [0.717, 1.165) is 12.0 Å². The van der Waals surface area contributed by atoms with Gasteiger partial charge in [-0.1, -0.05) is 43.8 Å². The lowest BCUT2D eigenvalue weighted by molar-refractivity contribution is -0.112. The highest BCUT2D eigenvalue weighted by molar-refractivity contribution is 6.10. The van der Waals surface area contributed by atoms with Gasteiger partial charge in [-0.3, -0.25) is 4.79 Å². The molecule has 27 heavy (non-hydrogen) atoms. The predicted octanol–water partition coefficient (Wildman–Crippen LogP) is 4.37. The van der Waals surface area contributed by atoms with E-state index in [0.29, 0.717) is 29.4 Å². The van der Waals surface area contributed by atoms with Crippen molar-refractivity contribution in [3.8, 4) is 17.6 Å². The van der Waals surface area contributed by atoms with Crippen molar-refractivity contribution in [2.45, 2.75) is 13.3 Å². The molecule has 138 valence electrons. The summed E-state index contributed by atoms with van der Waals surface area (Å²) in [6.07, 6.45) is 3.94. The summed E-state index contributed by atoms with van der Waals surface area (Å²) in [7, 11) is 1.53. The molecule has 0 aliphatic rings. The van der Waals surface area contributed by atoms with Crippen LogP contribution in [0.25, 0.3) is 6.08 Å². The Labute approximate surface area is 159 Å². The Morgan fingerprint density at radius 2 is 2.04 bits per heavy atom. The molecule has 5 heteroatoms. The zero-order chi connectivity index (χ0) is 19.6. The van der Waals surface area contributed by atoms with E-state index in [4.69, 9.17) is 9.47 Å². The fourth-order valence-corrected chi connectivity index (χ4v) is 2.50. The second-order valence-corrected chi connectivity index (χ2v) is 5.64. The fraction of sp³-hybridized carbons (Fsp3) is 0.182. The zero-order valence-corrected chi connectivity index (χ0v) is 15.5. The van der Waals surface area contributed by atoms with Gasteiger partial charge in [0.15, 0.2) is 11.5 Å². The first-order chi connectivity index (χ1) is 13.1. The minimum Gasteiger partial charge on any atom is -0.493 e. The molecular formula is C22H22N2O3. The minimum absolute atomic E-state index is 0.00252. The lowest BCUT2D eigenvalue weighted by atomic mass is 10.1. The maximum atomic E-state index is 12.5. The molecule has 0 aliphatic heterocycles. The van der Waals surface area contributed by atoms with Gasteiger partial charge in [-0.25, -0.2) is 0 Å². The van der Waals surface area contributed by atoms with Crippen LogP contribution in [-0.2, 0) is 11.2 Å². The lowest BCUT2D eigenvalue weighted by Gasteiger charge is -2.11. The number of carbonyl (C=O) groups excluding carboxylic acids is 1. The molecule has 1 N–H and O–H groups in total. The minimum atomic E-state index is -0.454. The summed E-state index contributed by atoms with van der Waals surface area (Å²) in [6, 6.07) is 14.7. The van der Waals surface area contributed by atoms with E-state index in [2.05, 4.69) is 11.9 Å². The molecule has 0 heterocycles. The molecular weight excluding hydrogens is 340 g/mol. The predicted molar refractivity (Wildman–Crippen MR) is 107 cm³/mol. The number of aryl methyl sites for hydroxylation is 1. The lowest BCUT2D eigenvalue weighted by Crippen LogP contribution is -2.14. The Hall–Kier alpha value is -3.52.